The van der Waals surface area contributed by atoms with Crippen molar-refractivity contribution in [2.45, 2.75) is 33.4 Å². The fraction of sp³-hybridized carbons (Fsp3) is 0.438. The van der Waals surface area contributed by atoms with Crippen LogP contribution in [0.3, 0.4) is 0 Å². The predicted octanol–water partition coefficient (Wildman–Crippen LogP) is 2.09. The van der Waals surface area contributed by atoms with Gasteiger partial charge in [0.05, 0.1) is 0 Å². The lowest BCUT2D eigenvalue weighted by molar-refractivity contribution is -0.127. The van der Waals surface area contributed by atoms with E-state index in [1.54, 1.807) is 13.0 Å². The fourth-order valence-electron chi connectivity index (χ4n) is 2.08. The first kappa shape index (κ1) is 16.2. The number of benzene rings is 1. The second kappa shape index (κ2) is 7.70. The van der Waals surface area contributed by atoms with E-state index in [9.17, 15) is 4.79 Å². The van der Waals surface area contributed by atoms with Gasteiger partial charge in [0.15, 0.2) is 6.10 Å². The van der Waals surface area contributed by atoms with Gasteiger partial charge in [-0.15, -0.1) is 6.58 Å². The van der Waals surface area contributed by atoms with Gasteiger partial charge in [0, 0.05) is 13.1 Å². The van der Waals surface area contributed by atoms with E-state index in [1.807, 2.05) is 20.9 Å². The predicted molar refractivity (Wildman–Crippen MR) is 82.0 cm³/mol. The number of rotatable bonds is 7. The molecule has 0 aromatic heterocycles. The van der Waals surface area contributed by atoms with Crippen molar-refractivity contribution in [3.8, 4) is 5.75 Å². The lowest BCUT2D eigenvalue weighted by Crippen LogP contribution is -2.36. The zero-order valence-corrected chi connectivity index (χ0v) is 12.7. The molecule has 0 bridgehead atoms. The van der Waals surface area contributed by atoms with Crippen LogP contribution in [0.15, 0.2) is 24.8 Å². The number of aryl methyl sites for hydroxylation is 2. The Hall–Kier alpha value is -1.81. The molecule has 0 aliphatic heterocycles. The van der Waals surface area contributed by atoms with Gasteiger partial charge in [0.25, 0.3) is 5.91 Å². The van der Waals surface area contributed by atoms with Gasteiger partial charge in [0.1, 0.15) is 5.75 Å². The van der Waals surface area contributed by atoms with Crippen LogP contribution in [0.1, 0.15) is 23.6 Å². The number of hydrogen-bond donors (Lipinski definition) is 2. The van der Waals surface area contributed by atoms with Gasteiger partial charge >= 0.3 is 0 Å². The van der Waals surface area contributed by atoms with Crippen molar-refractivity contribution in [3.63, 3.8) is 0 Å². The van der Waals surface area contributed by atoms with Gasteiger partial charge in [-0.2, -0.15) is 0 Å². The molecule has 0 aliphatic rings. The monoisotopic (exact) mass is 276 g/mol. The maximum absolute atomic E-state index is 11.8. The minimum atomic E-state index is -0.525. The van der Waals surface area contributed by atoms with Gasteiger partial charge < -0.3 is 15.4 Å². The molecule has 0 spiro atoms. The Morgan fingerprint density at radius 3 is 2.50 bits per heavy atom. The zero-order chi connectivity index (χ0) is 15.1. The molecule has 110 valence electrons. The smallest absolute Gasteiger partial charge is 0.261 e. The Balaban J connectivity index is 2.81. The fourth-order valence-corrected chi connectivity index (χ4v) is 2.08. The van der Waals surface area contributed by atoms with E-state index < -0.39 is 6.10 Å². The Morgan fingerprint density at radius 2 is 2.00 bits per heavy atom. The molecule has 0 radical (unpaired) electrons. The summed E-state index contributed by atoms with van der Waals surface area (Å²) in [6.45, 7) is 10.6. The summed E-state index contributed by atoms with van der Waals surface area (Å²) in [5.41, 5.74) is 3.29. The second-order valence-electron chi connectivity index (χ2n) is 4.88. The third-order valence-corrected chi connectivity index (χ3v) is 2.99. The van der Waals surface area contributed by atoms with Crippen LogP contribution in [0.4, 0.5) is 0 Å². The summed E-state index contributed by atoms with van der Waals surface area (Å²) >= 11 is 0. The molecule has 4 heteroatoms. The standard InChI is InChI=1S/C16H24N2O2/c1-6-7-18-16(19)13(4)20-15-11(2)8-14(10-17-5)9-12(15)3/h6,8-9,13,17H,1,7,10H2,2-5H3,(H,18,19). The highest BCUT2D eigenvalue weighted by Crippen LogP contribution is 2.25. The minimum absolute atomic E-state index is 0.136. The van der Waals surface area contributed by atoms with Crippen molar-refractivity contribution < 1.29 is 9.53 Å². The van der Waals surface area contributed by atoms with E-state index in [0.29, 0.717) is 6.54 Å². The Labute approximate surface area is 121 Å². The van der Waals surface area contributed by atoms with Crippen molar-refractivity contribution in [1.29, 1.82) is 0 Å². The lowest BCUT2D eigenvalue weighted by Gasteiger charge is -2.18. The molecule has 2 N–H and O–H groups in total. The van der Waals surface area contributed by atoms with Crippen LogP contribution in [-0.4, -0.2) is 25.6 Å². The van der Waals surface area contributed by atoms with Gasteiger partial charge in [-0.1, -0.05) is 18.2 Å². The van der Waals surface area contributed by atoms with Gasteiger partial charge in [-0.25, -0.2) is 0 Å². The maximum atomic E-state index is 11.8. The molecule has 1 aromatic carbocycles. The van der Waals surface area contributed by atoms with Crippen LogP contribution < -0.4 is 15.4 Å². The summed E-state index contributed by atoms with van der Waals surface area (Å²) in [6.07, 6.45) is 1.12. The highest BCUT2D eigenvalue weighted by molar-refractivity contribution is 5.80. The van der Waals surface area contributed by atoms with E-state index in [4.69, 9.17) is 4.74 Å². The Morgan fingerprint density at radius 1 is 1.40 bits per heavy atom. The van der Waals surface area contributed by atoms with E-state index in [0.717, 1.165) is 23.4 Å². The molecule has 20 heavy (non-hydrogen) atoms. The van der Waals surface area contributed by atoms with Crippen molar-refractivity contribution in [2.24, 2.45) is 0 Å². The third-order valence-electron chi connectivity index (χ3n) is 2.99. The van der Waals surface area contributed by atoms with Gasteiger partial charge in [0.2, 0.25) is 0 Å². The van der Waals surface area contributed by atoms with Crippen LogP contribution in [0, 0.1) is 13.8 Å². The molecular weight excluding hydrogens is 252 g/mol. The summed E-state index contributed by atoms with van der Waals surface area (Å²) in [7, 11) is 1.92. The topological polar surface area (TPSA) is 50.4 Å². The molecule has 1 rings (SSSR count). The molecule has 1 atom stereocenters. The largest absolute Gasteiger partial charge is 0.480 e. The van der Waals surface area contributed by atoms with Crippen molar-refractivity contribution in [1.82, 2.24) is 10.6 Å². The molecule has 1 aromatic rings. The van der Waals surface area contributed by atoms with Gasteiger partial charge in [-0.3, -0.25) is 4.79 Å². The van der Waals surface area contributed by atoms with Crippen LogP contribution in [0.2, 0.25) is 0 Å². The summed E-state index contributed by atoms with van der Waals surface area (Å²) in [5, 5.41) is 5.86. The quantitative estimate of drug-likeness (QED) is 0.750. The Kier molecular flexibility index (Phi) is 6.25. The molecule has 0 saturated heterocycles. The molecule has 0 fully saturated rings. The molecule has 0 saturated carbocycles. The first-order valence-electron chi connectivity index (χ1n) is 6.79. The molecule has 1 unspecified atom stereocenters. The zero-order valence-electron chi connectivity index (χ0n) is 12.7. The van der Waals surface area contributed by atoms with Crippen molar-refractivity contribution >= 4 is 5.91 Å². The SMILES string of the molecule is C=CCNC(=O)C(C)Oc1c(C)cc(CNC)cc1C. The van der Waals surface area contributed by atoms with Crippen molar-refractivity contribution in [3.05, 3.63) is 41.5 Å². The number of amides is 1. The van der Waals surface area contributed by atoms with Crippen LogP contribution in [0.25, 0.3) is 0 Å². The second-order valence-corrected chi connectivity index (χ2v) is 4.88. The highest BCUT2D eigenvalue weighted by Gasteiger charge is 2.16. The number of ether oxygens (including phenoxy) is 1. The van der Waals surface area contributed by atoms with Crippen LogP contribution >= 0.6 is 0 Å². The number of carbonyl (C=O) groups is 1. The maximum Gasteiger partial charge on any atom is 0.261 e. The van der Waals surface area contributed by atoms with E-state index in [1.165, 1.54) is 5.56 Å². The first-order chi connectivity index (χ1) is 9.49. The molecular formula is C16H24N2O2. The summed E-state index contributed by atoms with van der Waals surface area (Å²) in [4.78, 5) is 11.8. The van der Waals surface area contributed by atoms with Crippen LogP contribution in [0.5, 0.6) is 5.75 Å². The minimum Gasteiger partial charge on any atom is -0.480 e. The average molecular weight is 276 g/mol. The lowest BCUT2D eigenvalue weighted by atomic mass is 10.1. The Bertz CT molecular complexity index is 460. The normalized spacial score (nSPS) is 11.8. The van der Waals surface area contributed by atoms with E-state index in [-0.39, 0.29) is 5.91 Å². The number of nitrogens with one attached hydrogen (secondary N) is 2. The number of carbonyl (C=O) groups excluding carboxylic acids is 1. The summed E-state index contributed by atoms with van der Waals surface area (Å²) in [5.74, 6) is 0.647. The molecule has 0 aliphatic carbocycles. The third kappa shape index (κ3) is 4.38. The van der Waals surface area contributed by atoms with Gasteiger partial charge in [-0.05, 0) is 44.5 Å². The summed E-state index contributed by atoms with van der Waals surface area (Å²) < 4.78 is 5.80. The summed E-state index contributed by atoms with van der Waals surface area (Å²) in [6, 6.07) is 4.15. The molecule has 1 amide bonds. The van der Waals surface area contributed by atoms with Crippen molar-refractivity contribution in [2.75, 3.05) is 13.6 Å². The molecule has 4 nitrogen and oxygen atoms in total. The number of hydrogen-bond acceptors (Lipinski definition) is 3. The van der Waals surface area contributed by atoms with E-state index in [2.05, 4.69) is 29.3 Å². The average Bonchev–Trinajstić information content (AvgIpc) is 2.40. The first-order valence-corrected chi connectivity index (χ1v) is 6.79. The highest BCUT2D eigenvalue weighted by atomic mass is 16.5. The molecule has 0 heterocycles. The van der Waals surface area contributed by atoms with E-state index >= 15 is 0 Å². The van der Waals surface area contributed by atoms with Crippen LogP contribution in [-0.2, 0) is 11.3 Å².